The summed E-state index contributed by atoms with van der Waals surface area (Å²) < 4.78 is 2.19. The predicted octanol–water partition coefficient (Wildman–Crippen LogP) is 4.56. The average molecular weight is 412 g/mol. The molecule has 1 heterocycles. The van der Waals surface area contributed by atoms with E-state index in [-0.39, 0.29) is 30.3 Å². The highest BCUT2D eigenvalue weighted by atomic mass is 16.2. The van der Waals surface area contributed by atoms with Gasteiger partial charge < -0.3 is 14.4 Å². The van der Waals surface area contributed by atoms with Gasteiger partial charge in [-0.05, 0) is 43.9 Å². The molecule has 0 unspecified atom stereocenters. The van der Waals surface area contributed by atoms with E-state index in [1.54, 1.807) is 4.90 Å². The number of carbonyl (C=O) groups is 2. The fourth-order valence-electron chi connectivity index (χ4n) is 3.55. The van der Waals surface area contributed by atoms with Gasteiger partial charge >= 0.3 is 0 Å². The molecule has 0 fully saturated rings. The number of aromatic nitrogens is 1. The number of hydrogen-bond donors (Lipinski definition) is 0. The van der Waals surface area contributed by atoms with Crippen LogP contribution in [0.5, 0.6) is 0 Å². The Morgan fingerprint density at radius 1 is 0.967 bits per heavy atom. The van der Waals surface area contributed by atoms with Gasteiger partial charge in [0.1, 0.15) is 0 Å². The molecule has 0 N–H and O–H groups in total. The molecule has 0 aliphatic rings. The lowest BCUT2D eigenvalue weighted by atomic mass is 10.1. The second kappa shape index (κ2) is 11.6. The second-order valence-corrected chi connectivity index (χ2v) is 8.64. The van der Waals surface area contributed by atoms with Crippen molar-refractivity contribution in [1.82, 2.24) is 14.4 Å². The van der Waals surface area contributed by atoms with E-state index in [1.165, 1.54) is 5.56 Å². The van der Waals surface area contributed by atoms with E-state index in [9.17, 15) is 9.59 Å². The highest BCUT2D eigenvalue weighted by Gasteiger charge is 2.24. The number of benzene rings is 1. The number of amides is 2. The van der Waals surface area contributed by atoms with Gasteiger partial charge in [0.15, 0.2) is 0 Å². The first-order valence-corrected chi connectivity index (χ1v) is 11.1. The topological polar surface area (TPSA) is 45.6 Å². The number of hydrogen-bond acceptors (Lipinski definition) is 2. The van der Waals surface area contributed by atoms with E-state index in [2.05, 4.69) is 29.0 Å². The molecule has 5 heteroatoms. The molecule has 2 aromatic rings. The molecular formula is C25H37N3O2. The maximum absolute atomic E-state index is 13.2. The van der Waals surface area contributed by atoms with Crippen molar-refractivity contribution in [3.8, 4) is 0 Å². The summed E-state index contributed by atoms with van der Waals surface area (Å²) in [6.45, 7) is 12.2. The van der Waals surface area contributed by atoms with Crippen molar-refractivity contribution >= 4 is 11.8 Å². The number of nitrogens with zero attached hydrogens (tertiary/aromatic N) is 3. The van der Waals surface area contributed by atoms with Gasteiger partial charge in [-0.1, -0.05) is 51.1 Å². The Morgan fingerprint density at radius 3 is 2.27 bits per heavy atom. The lowest BCUT2D eigenvalue weighted by Crippen LogP contribution is -2.45. The minimum Gasteiger partial charge on any atom is -0.345 e. The zero-order valence-corrected chi connectivity index (χ0v) is 19.2. The van der Waals surface area contributed by atoms with E-state index in [4.69, 9.17) is 0 Å². The van der Waals surface area contributed by atoms with E-state index < -0.39 is 0 Å². The van der Waals surface area contributed by atoms with Gasteiger partial charge in [0.05, 0.1) is 13.1 Å². The van der Waals surface area contributed by atoms with E-state index in [1.807, 2.05) is 63.8 Å². The molecule has 1 aromatic carbocycles. The van der Waals surface area contributed by atoms with Crippen LogP contribution in [-0.2, 0) is 22.7 Å². The molecule has 0 radical (unpaired) electrons. The van der Waals surface area contributed by atoms with Gasteiger partial charge in [-0.2, -0.15) is 0 Å². The summed E-state index contributed by atoms with van der Waals surface area (Å²) in [4.78, 5) is 29.4. The zero-order chi connectivity index (χ0) is 22.1. The van der Waals surface area contributed by atoms with Crippen LogP contribution >= 0.6 is 0 Å². The van der Waals surface area contributed by atoms with Gasteiger partial charge in [0.2, 0.25) is 11.8 Å². The largest absolute Gasteiger partial charge is 0.345 e. The Kier molecular flexibility index (Phi) is 9.15. The Hall–Kier alpha value is -2.56. The molecule has 2 rings (SSSR count). The van der Waals surface area contributed by atoms with Crippen LogP contribution < -0.4 is 0 Å². The Balaban J connectivity index is 2.11. The molecule has 0 aliphatic carbocycles. The van der Waals surface area contributed by atoms with Crippen LogP contribution in [0.2, 0.25) is 0 Å². The fraction of sp³-hybridized carbons (Fsp3) is 0.520. The van der Waals surface area contributed by atoms with Crippen LogP contribution in [0.1, 0.15) is 58.7 Å². The van der Waals surface area contributed by atoms with Crippen LogP contribution in [0, 0.1) is 5.92 Å². The predicted molar refractivity (Wildman–Crippen MR) is 122 cm³/mol. The van der Waals surface area contributed by atoms with Gasteiger partial charge in [0, 0.05) is 37.4 Å². The summed E-state index contributed by atoms with van der Waals surface area (Å²) >= 11 is 0. The normalized spacial score (nSPS) is 11.2. The maximum Gasteiger partial charge on any atom is 0.242 e. The highest BCUT2D eigenvalue weighted by molar-refractivity contribution is 5.85. The Morgan fingerprint density at radius 2 is 1.67 bits per heavy atom. The summed E-state index contributed by atoms with van der Waals surface area (Å²) in [7, 11) is 0. The smallest absolute Gasteiger partial charge is 0.242 e. The number of carbonyl (C=O) groups excluding carboxylic acids is 2. The summed E-state index contributed by atoms with van der Waals surface area (Å²) in [5, 5.41) is 0. The zero-order valence-electron chi connectivity index (χ0n) is 19.2. The molecule has 0 saturated carbocycles. The van der Waals surface area contributed by atoms with E-state index >= 15 is 0 Å². The summed E-state index contributed by atoms with van der Waals surface area (Å²) in [6, 6.07) is 14.5. The SMILES string of the molecule is CCCN(CC(=O)N(Cc1cccn1Cc1ccccc1)C(C)C)C(=O)CC(C)C. The molecule has 164 valence electrons. The molecule has 0 saturated heterocycles. The fourth-order valence-corrected chi connectivity index (χ4v) is 3.55. The molecule has 0 bridgehead atoms. The summed E-state index contributed by atoms with van der Waals surface area (Å²) in [5.74, 6) is 0.355. The van der Waals surface area contributed by atoms with Crippen molar-refractivity contribution in [2.75, 3.05) is 13.1 Å². The third kappa shape index (κ3) is 7.05. The molecule has 0 aliphatic heterocycles. The molecule has 30 heavy (non-hydrogen) atoms. The van der Waals surface area contributed by atoms with Gasteiger partial charge in [-0.3, -0.25) is 9.59 Å². The minimum absolute atomic E-state index is 0.00279. The van der Waals surface area contributed by atoms with Crippen molar-refractivity contribution < 1.29 is 9.59 Å². The maximum atomic E-state index is 13.2. The Labute approximate surface area is 181 Å². The van der Waals surface area contributed by atoms with Crippen molar-refractivity contribution in [1.29, 1.82) is 0 Å². The van der Waals surface area contributed by atoms with Crippen LogP contribution in [0.4, 0.5) is 0 Å². The molecule has 1 aromatic heterocycles. The molecular weight excluding hydrogens is 374 g/mol. The van der Waals surface area contributed by atoms with E-state index in [0.29, 0.717) is 19.5 Å². The first-order chi connectivity index (χ1) is 14.3. The first kappa shape index (κ1) is 23.7. The van der Waals surface area contributed by atoms with Crippen LogP contribution in [0.25, 0.3) is 0 Å². The van der Waals surface area contributed by atoms with Gasteiger partial charge in [-0.25, -0.2) is 0 Å². The monoisotopic (exact) mass is 411 g/mol. The van der Waals surface area contributed by atoms with Gasteiger partial charge in [0.25, 0.3) is 0 Å². The molecule has 0 spiro atoms. The van der Waals surface area contributed by atoms with Gasteiger partial charge in [-0.15, -0.1) is 0 Å². The quantitative estimate of drug-likeness (QED) is 0.544. The minimum atomic E-state index is 0.00279. The first-order valence-electron chi connectivity index (χ1n) is 11.1. The van der Waals surface area contributed by atoms with Crippen LogP contribution in [0.3, 0.4) is 0 Å². The van der Waals surface area contributed by atoms with Crippen LogP contribution in [-0.4, -0.2) is 45.3 Å². The standard InChI is InChI=1S/C25H37N3O2/c1-6-14-27(24(29)16-20(2)3)19-25(30)28(21(4)5)18-23-13-10-15-26(23)17-22-11-8-7-9-12-22/h7-13,15,20-21H,6,14,16-19H2,1-5H3. The van der Waals surface area contributed by atoms with Crippen LogP contribution in [0.15, 0.2) is 48.7 Å². The molecule has 2 amide bonds. The lowest BCUT2D eigenvalue weighted by Gasteiger charge is -2.31. The summed E-state index contributed by atoms with van der Waals surface area (Å²) in [6.07, 6.45) is 3.38. The van der Waals surface area contributed by atoms with Crippen molar-refractivity contribution in [3.05, 3.63) is 59.9 Å². The second-order valence-electron chi connectivity index (χ2n) is 8.64. The Bertz CT molecular complexity index is 796. The van der Waals surface area contributed by atoms with E-state index in [0.717, 1.165) is 18.7 Å². The molecule has 5 nitrogen and oxygen atoms in total. The van der Waals surface area contributed by atoms with Crippen molar-refractivity contribution in [2.45, 2.75) is 66.6 Å². The summed E-state index contributed by atoms with van der Waals surface area (Å²) in [5.41, 5.74) is 2.32. The van der Waals surface area contributed by atoms with Crippen molar-refractivity contribution in [3.63, 3.8) is 0 Å². The third-order valence-electron chi connectivity index (χ3n) is 5.15. The lowest BCUT2D eigenvalue weighted by molar-refractivity contribution is -0.142. The number of rotatable bonds is 11. The highest BCUT2D eigenvalue weighted by Crippen LogP contribution is 2.14. The third-order valence-corrected chi connectivity index (χ3v) is 5.15. The molecule has 0 atom stereocenters. The average Bonchev–Trinajstić information content (AvgIpc) is 3.12. The van der Waals surface area contributed by atoms with Crippen molar-refractivity contribution in [2.24, 2.45) is 5.92 Å².